The van der Waals surface area contributed by atoms with Gasteiger partial charge in [0.25, 0.3) is 0 Å². The molecule has 2 aromatic carbocycles. The van der Waals surface area contributed by atoms with Crippen LogP contribution in [-0.2, 0) is 10.4 Å². The number of halogens is 1. The summed E-state index contributed by atoms with van der Waals surface area (Å²) in [5.74, 6) is -0.287. The molecule has 0 aromatic heterocycles. The van der Waals surface area contributed by atoms with Gasteiger partial charge in [-0.25, -0.2) is 4.39 Å². The van der Waals surface area contributed by atoms with Gasteiger partial charge in [0.05, 0.1) is 5.60 Å². The quantitative estimate of drug-likeness (QED) is 0.781. The summed E-state index contributed by atoms with van der Waals surface area (Å²) in [6, 6.07) is 15.2. The van der Waals surface area contributed by atoms with E-state index in [4.69, 9.17) is 0 Å². The molecule has 5 heteroatoms. The summed E-state index contributed by atoms with van der Waals surface area (Å²) in [7, 11) is 0. The SMILES string of the molecule is O=C(CCC(=O)N1C[C@@H]2CCC[C@@](O)(c3ccccc3)[C@@H]2C1)c1ccc(F)cc1. The van der Waals surface area contributed by atoms with Gasteiger partial charge in [0.15, 0.2) is 5.78 Å². The fraction of sp³-hybridized carbons (Fsp3) is 0.417. The Morgan fingerprint density at radius 3 is 2.48 bits per heavy atom. The lowest BCUT2D eigenvalue weighted by atomic mass is 9.67. The van der Waals surface area contributed by atoms with Gasteiger partial charge in [0.2, 0.25) is 5.91 Å². The lowest BCUT2D eigenvalue weighted by Crippen LogP contribution is -2.42. The topological polar surface area (TPSA) is 57.6 Å². The number of fused-ring (bicyclic) bond motifs is 1. The van der Waals surface area contributed by atoms with Crippen LogP contribution in [0.1, 0.15) is 48.0 Å². The minimum Gasteiger partial charge on any atom is -0.385 e. The summed E-state index contributed by atoms with van der Waals surface area (Å²) in [5.41, 5.74) is 0.451. The van der Waals surface area contributed by atoms with Crippen LogP contribution in [0.3, 0.4) is 0 Å². The molecular formula is C24H26FNO3. The van der Waals surface area contributed by atoms with Crippen LogP contribution < -0.4 is 0 Å². The fourth-order valence-corrected chi connectivity index (χ4v) is 4.97. The average molecular weight is 395 g/mol. The number of rotatable bonds is 5. The first-order valence-electron chi connectivity index (χ1n) is 10.3. The number of hydrogen-bond donors (Lipinski definition) is 1. The maximum Gasteiger partial charge on any atom is 0.223 e. The molecule has 29 heavy (non-hydrogen) atoms. The van der Waals surface area contributed by atoms with E-state index in [1.54, 1.807) is 0 Å². The van der Waals surface area contributed by atoms with Gasteiger partial charge in [-0.05, 0) is 55.0 Å². The zero-order valence-corrected chi connectivity index (χ0v) is 16.4. The minimum absolute atomic E-state index is 0.0235. The first kappa shape index (κ1) is 19.8. The summed E-state index contributed by atoms with van der Waals surface area (Å²) in [4.78, 5) is 26.9. The van der Waals surface area contributed by atoms with Crippen LogP contribution in [0.4, 0.5) is 4.39 Å². The highest BCUT2D eigenvalue weighted by molar-refractivity contribution is 5.97. The van der Waals surface area contributed by atoms with Crippen LogP contribution in [-0.4, -0.2) is 34.8 Å². The highest BCUT2D eigenvalue weighted by atomic mass is 19.1. The Bertz CT molecular complexity index is 883. The van der Waals surface area contributed by atoms with Gasteiger partial charge in [-0.3, -0.25) is 9.59 Å². The Morgan fingerprint density at radius 1 is 1.03 bits per heavy atom. The standard InChI is InChI=1S/C24H26FNO3/c25-20-10-8-17(9-11-20)22(27)12-13-23(28)26-15-18-5-4-14-24(29,21(18)16-26)19-6-2-1-3-7-19/h1-3,6-11,18,21,29H,4-5,12-16H2/t18-,21+,24+/m0/s1. The van der Waals surface area contributed by atoms with Gasteiger partial charge < -0.3 is 10.0 Å². The molecule has 1 aliphatic carbocycles. The fourth-order valence-electron chi connectivity index (χ4n) is 4.97. The van der Waals surface area contributed by atoms with E-state index in [1.165, 1.54) is 24.3 Å². The minimum atomic E-state index is -0.900. The lowest BCUT2D eigenvalue weighted by molar-refractivity contribution is -0.130. The van der Waals surface area contributed by atoms with E-state index in [-0.39, 0.29) is 42.2 Å². The third-order valence-corrected chi connectivity index (χ3v) is 6.55. The molecule has 2 aromatic rings. The molecule has 0 spiro atoms. The van der Waals surface area contributed by atoms with Crippen molar-refractivity contribution in [3.63, 3.8) is 0 Å². The first-order valence-corrected chi connectivity index (χ1v) is 10.3. The maximum atomic E-state index is 13.0. The van der Waals surface area contributed by atoms with Crippen LogP contribution >= 0.6 is 0 Å². The van der Waals surface area contributed by atoms with Crippen molar-refractivity contribution in [1.82, 2.24) is 4.90 Å². The number of nitrogens with zero attached hydrogens (tertiary/aromatic N) is 1. The number of carbonyl (C=O) groups is 2. The molecule has 4 rings (SSSR count). The van der Waals surface area contributed by atoms with Crippen LogP contribution in [0.15, 0.2) is 54.6 Å². The number of likely N-dealkylation sites (tertiary alicyclic amines) is 1. The molecule has 0 unspecified atom stereocenters. The second kappa shape index (κ2) is 8.07. The molecule has 0 radical (unpaired) electrons. The van der Waals surface area contributed by atoms with Crippen molar-refractivity contribution in [3.05, 3.63) is 71.5 Å². The molecular weight excluding hydrogens is 369 g/mol. The molecule has 1 heterocycles. The zero-order valence-electron chi connectivity index (χ0n) is 16.4. The number of hydrogen-bond acceptors (Lipinski definition) is 3. The highest BCUT2D eigenvalue weighted by Crippen LogP contribution is 2.48. The van der Waals surface area contributed by atoms with Crippen molar-refractivity contribution in [1.29, 1.82) is 0 Å². The number of benzene rings is 2. The maximum absolute atomic E-state index is 13.0. The van der Waals surface area contributed by atoms with Crippen molar-refractivity contribution in [2.45, 2.75) is 37.7 Å². The molecule has 3 atom stereocenters. The van der Waals surface area contributed by atoms with Crippen LogP contribution in [0, 0.1) is 17.7 Å². The van der Waals surface area contributed by atoms with E-state index in [0.717, 1.165) is 18.4 Å². The van der Waals surface area contributed by atoms with E-state index in [0.29, 0.717) is 25.1 Å². The molecule has 1 N–H and O–H groups in total. The summed E-state index contributed by atoms with van der Waals surface area (Å²) in [6.07, 6.45) is 2.91. The molecule has 2 aliphatic rings. The van der Waals surface area contributed by atoms with Crippen molar-refractivity contribution in [3.8, 4) is 0 Å². The van der Waals surface area contributed by atoms with Gasteiger partial charge >= 0.3 is 0 Å². The molecule has 1 amide bonds. The Morgan fingerprint density at radius 2 is 1.76 bits per heavy atom. The van der Waals surface area contributed by atoms with Gasteiger partial charge in [-0.2, -0.15) is 0 Å². The lowest BCUT2D eigenvalue weighted by Gasteiger charge is -2.41. The first-order chi connectivity index (χ1) is 14.0. The molecule has 1 saturated heterocycles. The van der Waals surface area contributed by atoms with Gasteiger partial charge in [0, 0.05) is 37.4 Å². The Hall–Kier alpha value is -2.53. The number of ketones is 1. The van der Waals surface area contributed by atoms with Gasteiger partial charge in [-0.15, -0.1) is 0 Å². The predicted molar refractivity (Wildman–Crippen MR) is 108 cm³/mol. The third kappa shape index (κ3) is 3.97. The summed E-state index contributed by atoms with van der Waals surface area (Å²) in [6.45, 7) is 1.17. The number of aliphatic hydroxyl groups is 1. The monoisotopic (exact) mass is 395 g/mol. The van der Waals surface area contributed by atoms with Gasteiger partial charge in [-0.1, -0.05) is 30.3 Å². The van der Waals surface area contributed by atoms with Gasteiger partial charge in [0.1, 0.15) is 5.82 Å². The van der Waals surface area contributed by atoms with Crippen molar-refractivity contribution < 1.29 is 19.1 Å². The second-order valence-electron chi connectivity index (χ2n) is 8.28. The summed E-state index contributed by atoms with van der Waals surface area (Å²) >= 11 is 0. The molecule has 2 fully saturated rings. The van der Waals surface area contributed by atoms with Crippen molar-refractivity contribution in [2.24, 2.45) is 11.8 Å². The van der Waals surface area contributed by atoms with E-state index in [2.05, 4.69) is 0 Å². The predicted octanol–water partition coefficient (Wildman–Crippen LogP) is 3.93. The van der Waals surface area contributed by atoms with E-state index >= 15 is 0 Å². The molecule has 152 valence electrons. The van der Waals surface area contributed by atoms with Crippen LogP contribution in [0.2, 0.25) is 0 Å². The average Bonchev–Trinajstić information content (AvgIpc) is 3.19. The molecule has 1 aliphatic heterocycles. The summed E-state index contributed by atoms with van der Waals surface area (Å²) < 4.78 is 13.0. The van der Waals surface area contributed by atoms with E-state index in [1.807, 2.05) is 35.2 Å². The smallest absolute Gasteiger partial charge is 0.223 e. The number of amides is 1. The Balaban J connectivity index is 1.40. The van der Waals surface area contributed by atoms with Crippen LogP contribution in [0.5, 0.6) is 0 Å². The van der Waals surface area contributed by atoms with E-state index < -0.39 is 5.60 Å². The van der Waals surface area contributed by atoms with Crippen LogP contribution in [0.25, 0.3) is 0 Å². The van der Waals surface area contributed by atoms with E-state index in [9.17, 15) is 19.1 Å². The zero-order chi connectivity index (χ0) is 20.4. The Kier molecular flexibility index (Phi) is 5.50. The largest absolute Gasteiger partial charge is 0.385 e. The van der Waals surface area contributed by atoms with Crippen molar-refractivity contribution in [2.75, 3.05) is 13.1 Å². The number of Topliss-reactive ketones (excluding diaryl/α,β-unsaturated/α-hetero) is 1. The second-order valence-corrected chi connectivity index (χ2v) is 8.28. The molecule has 4 nitrogen and oxygen atoms in total. The normalized spacial score (nSPS) is 26.2. The molecule has 0 bridgehead atoms. The van der Waals surface area contributed by atoms with Crippen molar-refractivity contribution >= 4 is 11.7 Å². The Labute approximate surface area is 170 Å². The number of carbonyl (C=O) groups excluding carboxylic acids is 2. The molecule has 1 saturated carbocycles. The third-order valence-electron chi connectivity index (χ3n) is 6.55. The summed E-state index contributed by atoms with van der Waals surface area (Å²) in [5, 5.41) is 11.5. The highest BCUT2D eigenvalue weighted by Gasteiger charge is 2.50.